The van der Waals surface area contributed by atoms with Gasteiger partial charge in [0.1, 0.15) is 0 Å². The van der Waals surface area contributed by atoms with Crippen LogP contribution >= 0.6 is 0 Å². The maximum absolute atomic E-state index is 12.0. The quantitative estimate of drug-likeness (QED) is 0.336. The van der Waals surface area contributed by atoms with Crippen molar-refractivity contribution in [2.75, 3.05) is 40.0 Å². The Labute approximate surface area is 232 Å². The van der Waals surface area contributed by atoms with Gasteiger partial charge < -0.3 is 13.7 Å². The molecule has 0 atom stereocenters. The van der Waals surface area contributed by atoms with Gasteiger partial charge in [0.05, 0.1) is 40.0 Å². The lowest BCUT2D eigenvalue weighted by atomic mass is 10.4. The third-order valence-corrected chi connectivity index (χ3v) is 14.2. The van der Waals surface area contributed by atoms with Gasteiger partial charge in [0.15, 0.2) is 0 Å². The summed E-state index contributed by atoms with van der Waals surface area (Å²) in [4.78, 5) is 33.9. The highest BCUT2D eigenvalue weighted by Gasteiger charge is 2.50. The molecule has 0 aromatic heterocycles. The molecule has 2 N–H and O–H groups in total. The van der Waals surface area contributed by atoms with E-state index < -0.39 is 17.1 Å². The van der Waals surface area contributed by atoms with Crippen LogP contribution in [-0.4, -0.2) is 86.3 Å². The van der Waals surface area contributed by atoms with Gasteiger partial charge in [-0.1, -0.05) is 121 Å². The minimum atomic E-state index is -3.69. The minimum absolute atomic E-state index is 0.698. The summed E-state index contributed by atoms with van der Waals surface area (Å²) >= 11 is 0. The number of nitrogens with zero attached hydrogens (tertiary/aromatic N) is 4. The molecule has 39 heavy (non-hydrogen) atoms. The van der Waals surface area contributed by atoms with Crippen LogP contribution in [0.2, 0.25) is 0 Å². The summed E-state index contributed by atoms with van der Waals surface area (Å²) in [5.41, 5.74) is 0. The minimum Gasteiger partial charge on any atom is -0.404 e. The molecule has 4 aromatic carbocycles. The van der Waals surface area contributed by atoms with Crippen molar-refractivity contribution in [3.8, 4) is 0 Å². The first-order chi connectivity index (χ1) is 19.0. The Kier molecular flexibility index (Phi) is 7.58. The predicted molar refractivity (Wildman–Crippen MR) is 158 cm³/mol. The highest BCUT2D eigenvalue weighted by Crippen LogP contribution is 2.20. The van der Waals surface area contributed by atoms with E-state index in [9.17, 15) is 9.59 Å². The fourth-order valence-corrected chi connectivity index (χ4v) is 12.5. The normalized spacial score (nSPS) is 23.6. The molecule has 4 heterocycles. The Hall–Kier alpha value is -2.97. The molecule has 0 unspecified atom stereocenters. The van der Waals surface area contributed by atoms with E-state index in [2.05, 4.69) is 19.6 Å². The molecule has 4 aromatic rings. The summed E-state index contributed by atoms with van der Waals surface area (Å²) in [5, 5.41) is 2.79. The molecular weight excluding hydrogens is 521 g/mol. The van der Waals surface area contributed by atoms with Gasteiger partial charge >= 0.3 is 17.1 Å². The van der Waals surface area contributed by atoms with Crippen LogP contribution in [0.1, 0.15) is 0 Å². The van der Waals surface area contributed by atoms with Crippen molar-refractivity contribution in [2.24, 2.45) is 0 Å². The van der Waals surface area contributed by atoms with E-state index in [-0.39, 0.29) is 0 Å². The van der Waals surface area contributed by atoms with Gasteiger partial charge in [0.25, 0.3) is 0 Å². The van der Waals surface area contributed by atoms with E-state index in [1.165, 1.54) is 40.0 Å². The second kappa shape index (κ2) is 11.3. The Morgan fingerprint density at radius 3 is 0.795 bits per heavy atom. The zero-order valence-electron chi connectivity index (χ0n) is 21.9. The number of rotatable bonds is 6. The SMILES string of the molecule is C1N2CN3CN1CN(C2)C3.O[Si](O[Si](O)(c1ccccc1)c1ccccc1)(c1ccccc1)c1ccccc1. The van der Waals surface area contributed by atoms with Crippen molar-refractivity contribution in [3.05, 3.63) is 121 Å². The van der Waals surface area contributed by atoms with Crippen LogP contribution in [0, 0.1) is 0 Å². The molecule has 0 aliphatic carbocycles. The molecule has 4 saturated heterocycles. The summed E-state index contributed by atoms with van der Waals surface area (Å²) in [6.45, 7) is 7.12. The summed E-state index contributed by atoms with van der Waals surface area (Å²) in [7, 11) is -7.38. The second-order valence-electron chi connectivity index (χ2n) is 10.4. The predicted octanol–water partition coefficient (Wildman–Crippen LogP) is 0.481. The lowest BCUT2D eigenvalue weighted by molar-refractivity contribution is -0.194. The van der Waals surface area contributed by atoms with Gasteiger partial charge in [0.2, 0.25) is 0 Å². The first kappa shape index (κ1) is 26.3. The molecule has 0 radical (unpaired) electrons. The molecule has 7 nitrogen and oxygen atoms in total. The van der Waals surface area contributed by atoms with E-state index in [1.807, 2.05) is 121 Å². The smallest absolute Gasteiger partial charge is 0.396 e. The van der Waals surface area contributed by atoms with Gasteiger partial charge in [0, 0.05) is 0 Å². The van der Waals surface area contributed by atoms with Crippen molar-refractivity contribution in [3.63, 3.8) is 0 Å². The summed E-state index contributed by atoms with van der Waals surface area (Å²) in [5.74, 6) is 0. The van der Waals surface area contributed by atoms with Crippen LogP contribution in [0.3, 0.4) is 0 Å². The largest absolute Gasteiger partial charge is 0.404 e. The third-order valence-electron chi connectivity index (χ3n) is 7.36. The van der Waals surface area contributed by atoms with E-state index in [0.29, 0.717) is 20.7 Å². The molecule has 9 heteroatoms. The molecule has 0 amide bonds. The second-order valence-corrected chi connectivity index (χ2v) is 16.1. The fraction of sp³-hybridized carbons (Fsp3) is 0.200. The summed E-state index contributed by atoms with van der Waals surface area (Å²) < 4.78 is 6.56. The van der Waals surface area contributed by atoms with Crippen molar-refractivity contribution in [1.82, 2.24) is 19.6 Å². The van der Waals surface area contributed by atoms with Gasteiger partial charge in [-0.05, 0) is 20.7 Å². The molecular formula is C30H34N4O3Si2. The van der Waals surface area contributed by atoms with E-state index in [4.69, 9.17) is 4.12 Å². The summed E-state index contributed by atoms with van der Waals surface area (Å²) in [6, 6.07) is 37.6. The third kappa shape index (κ3) is 5.54. The van der Waals surface area contributed by atoms with Crippen molar-refractivity contribution in [1.29, 1.82) is 0 Å². The molecule has 4 aliphatic heterocycles. The Morgan fingerprint density at radius 2 is 0.590 bits per heavy atom. The highest BCUT2D eigenvalue weighted by atomic mass is 28.5. The van der Waals surface area contributed by atoms with E-state index in [1.54, 1.807) is 0 Å². The molecule has 8 rings (SSSR count). The van der Waals surface area contributed by atoms with Gasteiger partial charge in [-0.3, -0.25) is 19.6 Å². The zero-order valence-corrected chi connectivity index (χ0v) is 23.9. The van der Waals surface area contributed by atoms with Gasteiger partial charge in [-0.15, -0.1) is 0 Å². The molecule has 0 spiro atoms. The number of hydrogen-bond acceptors (Lipinski definition) is 7. The fourth-order valence-electron chi connectivity index (χ4n) is 5.67. The molecule has 0 saturated carbocycles. The Morgan fingerprint density at radius 1 is 0.385 bits per heavy atom. The van der Waals surface area contributed by atoms with E-state index in [0.717, 1.165) is 0 Å². The number of benzene rings is 4. The van der Waals surface area contributed by atoms with Crippen LogP contribution < -0.4 is 20.7 Å². The zero-order chi connectivity index (χ0) is 26.7. The van der Waals surface area contributed by atoms with Crippen molar-refractivity contribution in [2.45, 2.75) is 0 Å². The van der Waals surface area contributed by atoms with Crippen LogP contribution in [0.5, 0.6) is 0 Å². The molecule has 4 fully saturated rings. The molecule has 200 valence electrons. The Bertz CT molecular complexity index is 1130. The van der Waals surface area contributed by atoms with Gasteiger partial charge in [-0.25, -0.2) is 0 Å². The highest BCUT2D eigenvalue weighted by molar-refractivity contribution is 7.03. The molecule has 4 bridgehead atoms. The molecule has 4 aliphatic rings. The van der Waals surface area contributed by atoms with Crippen LogP contribution in [0.4, 0.5) is 0 Å². The lowest BCUT2D eigenvalue weighted by Crippen LogP contribution is -2.73. The maximum Gasteiger partial charge on any atom is 0.396 e. The first-order valence-electron chi connectivity index (χ1n) is 13.3. The first-order valence-corrected chi connectivity index (χ1v) is 17.0. The van der Waals surface area contributed by atoms with Crippen molar-refractivity contribution >= 4 is 37.9 Å². The maximum atomic E-state index is 12.0. The van der Waals surface area contributed by atoms with Crippen LogP contribution in [0.15, 0.2) is 121 Å². The summed E-state index contributed by atoms with van der Waals surface area (Å²) in [6.07, 6.45) is 0. The average molecular weight is 555 g/mol. The van der Waals surface area contributed by atoms with E-state index >= 15 is 0 Å². The standard InChI is InChI=1S/C24H22O3Si2.C6H12N4/c25-28(21-13-5-1-6-14-21,22-15-7-2-8-16-22)27-29(26,23-17-9-3-10-18-23)24-19-11-4-12-20-24;1-7-2-9-4-8(1)5-10(3-7)6-9/h1-20,25-26H;1-6H2. The van der Waals surface area contributed by atoms with Crippen LogP contribution in [0.25, 0.3) is 0 Å². The lowest BCUT2D eigenvalue weighted by Gasteiger charge is -2.56. The van der Waals surface area contributed by atoms with Crippen LogP contribution in [-0.2, 0) is 4.12 Å². The van der Waals surface area contributed by atoms with Crippen molar-refractivity contribution < 1.29 is 13.7 Å². The number of hydrogen-bond donors (Lipinski definition) is 2. The monoisotopic (exact) mass is 554 g/mol. The average Bonchev–Trinajstić information content (AvgIpc) is 2.98. The van der Waals surface area contributed by atoms with Gasteiger partial charge in [-0.2, -0.15) is 0 Å². The topological polar surface area (TPSA) is 62.7 Å². The Balaban J connectivity index is 0.000000227.